The normalized spacial score (nSPS) is 11.7. The molecule has 0 saturated heterocycles. The van der Waals surface area contributed by atoms with Crippen molar-refractivity contribution in [2.45, 2.75) is 12.6 Å². The Hall–Kier alpha value is -1.93. The summed E-state index contributed by atoms with van der Waals surface area (Å²) in [5.41, 5.74) is -4.88. The van der Waals surface area contributed by atoms with Gasteiger partial charge in [0.25, 0.3) is 6.43 Å². The molecule has 0 atom stereocenters. The zero-order valence-corrected chi connectivity index (χ0v) is 8.76. The van der Waals surface area contributed by atoms with E-state index in [1.807, 2.05) is 0 Å². The Bertz CT molecular complexity index is 472. The van der Waals surface area contributed by atoms with Crippen molar-refractivity contribution in [3.05, 3.63) is 23.0 Å². The Balaban J connectivity index is 3.64. The number of rotatable bonds is 2. The zero-order chi connectivity index (χ0) is 14.1. The zero-order valence-electron chi connectivity index (χ0n) is 8.76. The van der Waals surface area contributed by atoms with Crippen LogP contribution in [0.3, 0.4) is 0 Å². The standard InChI is InChI=1S/C9H6F5NO3/c1-18-8(17)6-4(7(10)11)5(9(12,13)14)3(16)2-15-6/h2,7,16H,1H3. The Morgan fingerprint density at radius 3 is 2.39 bits per heavy atom. The van der Waals surface area contributed by atoms with Crippen LogP contribution in [-0.4, -0.2) is 23.2 Å². The molecule has 0 amide bonds. The largest absolute Gasteiger partial charge is 0.506 e. The number of aromatic nitrogens is 1. The fourth-order valence-corrected chi connectivity index (χ4v) is 1.29. The van der Waals surface area contributed by atoms with Crippen molar-refractivity contribution >= 4 is 5.97 Å². The van der Waals surface area contributed by atoms with Crippen LogP contribution < -0.4 is 0 Å². The maximum Gasteiger partial charge on any atom is 0.420 e. The second kappa shape index (κ2) is 4.75. The molecule has 4 nitrogen and oxygen atoms in total. The predicted molar refractivity (Wildman–Crippen MR) is 47.2 cm³/mol. The lowest BCUT2D eigenvalue weighted by Gasteiger charge is -2.15. The second-order valence-corrected chi connectivity index (χ2v) is 3.07. The lowest BCUT2D eigenvalue weighted by Crippen LogP contribution is -2.17. The lowest BCUT2D eigenvalue weighted by atomic mass is 10.1. The maximum absolute atomic E-state index is 12.6. The first-order chi connectivity index (χ1) is 8.20. The van der Waals surface area contributed by atoms with Crippen molar-refractivity contribution < 1.29 is 36.6 Å². The fraction of sp³-hybridized carbons (Fsp3) is 0.333. The van der Waals surface area contributed by atoms with Crippen LogP contribution in [0.2, 0.25) is 0 Å². The van der Waals surface area contributed by atoms with Gasteiger partial charge in [0.1, 0.15) is 11.3 Å². The minimum absolute atomic E-state index is 0.265. The number of alkyl halides is 5. The molecule has 0 aromatic carbocycles. The summed E-state index contributed by atoms with van der Waals surface area (Å²) in [6, 6.07) is 0. The molecule has 1 aromatic rings. The predicted octanol–water partition coefficient (Wildman–Crippen LogP) is 2.53. The number of halogens is 5. The molecule has 0 radical (unpaired) electrons. The van der Waals surface area contributed by atoms with Crippen LogP contribution in [0.5, 0.6) is 5.75 Å². The summed E-state index contributed by atoms with van der Waals surface area (Å²) in [7, 11) is 0.805. The van der Waals surface area contributed by atoms with E-state index in [1.54, 1.807) is 0 Å². The molecule has 0 bridgehead atoms. The molecule has 100 valence electrons. The Kier molecular flexibility index (Phi) is 3.73. The van der Waals surface area contributed by atoms with Gasteiger partial charge >= 0.3 is 12.1 Å². The summed E-state index contributed by atoms with van der Waals surface area (Å²) in [5, 5.41) is 8.99. The van der Waals surface area contributed by atoms with Gasteiger partial charge in [0, 0.05) is 0 Å². The van der Waals surface area contributed by atoms with Crippen LogP contribution in [0, 0.1) is 0 Å². The minimum Gasteiger partial charge on any atom is -0.506 e. The number of hydrogen-bond donors (Lipinski definition) is 1. The third-order valence-corrected chi connectivity index (χ3v) is 1.98. The summed E-state index contributed by atoms with van der Waals surface area (Å²) in [6.45, 7) is 0. The number of carbonyl (C=O) groups is 1. The smallest absolute Gasteiger partial charge is 0.420 e. The highest BCUT2D eigenvalue weighted by atomic mass is 19.4. The highest BCUT2D eigenvalue weighted by Crippen LogP contribution is 2.42. The monoisotopic (exact) mass is 271 g/mol. The van der Waals surface area contributed by atoms with E-state index >= 15 is 0 Å². The Morgan fingerprint density at radius 2 is 2.00 bits per heavy atom. The van der Waals surface area contributed by atoms with Crippen LogP contribution >= 0.6 is 0 Å². The summed E-state index contributed by atoms with van der Waals surface area (Å²) in [5.74, 6) is -2.93. The highest BCUT2D eigenvalue weighted by Gasteiger charge is 2.42. The average molecular weight is 271 g/mol. The molecule has 1 aromatic heterocycles. The number of ether oxygens (including phenoxy) is 1. The van der Waals surface area contributed by atoms with Crippen LogP contribution in [0.25, 0.3) is 0 Å². The van der Waals surface area contributed by atoms with Crippen LogP contribution in [0.4, 0.5) is 22.0 Å². The quantitative estimate of drug-likeness (QED) is 0.663. The van der Waals surface area contributed by atoms with Gasteiger partial charge in [-0.15, -0.1) is 0 Å². The molecule has 18 heavy (non-hydrogen) atoms. The van der Waals surface area contributed by atoms with Gasteiger partial charge in [-0.1, -0.05) is 0 Å². The molecule has 9 heteroatoms. The van der Waals surface area contributed by atoms with E-state index in [9.17, 15) is 26.7 Å². The van der Waals surface area contributed by atoms with Gasteiger partial charge in [0.2, 0.25) is 0 Å². The first kappa shape index (κ1) is 14.1. The van der Waals surface area contributed by atoms with E-state index in [2.05, 4.69) is 9.72 Å². The van der Waals surface area contributed by atoms with E-state index in [1.165, 1.54) is 0 Å². The van der Waals surface area contributed by atoms with Gasteiger partial charge in [-0.05, 0) is 0 Å². The Labute approximate surface area is 97.0 Å². The number of hydrogen-bond acceptors (Lipinski definition) is 4. The molecule has 1 rings (SSSR count). The van der Waals surface area contributed by atoms with Gasteiger partial charge < -0.3 is 9.84 Å². The van der Waals surface area contributed by atoms with Gasteiger partial charge in [-0.25, -0.2) is 18.6 Å². The molecule has 0 aliphatic heterocycles. The molecular weight excluding hydrogens is 265 g/mol. The van der Waals surface area contributed by atoms with Gasteiger partial charge in [-0.3, -0.25) is 0 Å². The van der Waals surface area contributed by atoms with Crippen molar-refractivity contribution in [2.75, 3.05) is 7.11 Å². The first-order valence-electron chi connectivity index (χ1n) is 4.35. The maximum atomic E-state index is 12.6. The SMILES string of the molecule is COC(=O)c1ncc(O)c(C(F)(F)F)c1C(F)F. The van der Waals surface area contributed by atoms with Crippen LogP contribution in [0.1, 0.15) is 28.0 Å². The second-order valence-electron chi connectivity index (χ2n) is 3.07. The van der Waals surface area contributed by atoms with Crippen molar-refractivity contribution in [1.82, 2.24) is 4.98 Å². The summed E-state index contributed by atoms with van der Waals surface area (Å²) < 4.78 is 67.0. The molecular formula is C9H6F5NO3. The highest BCUT2D eigenvalue weighted by molar-refractivity contribution is 5.89. The number of carbonyl (C=O) groups excluding carboxylic acids is 1. The number of aromatic hydroxyl groups is 1. The molecule has 0 fully saturated rings. The molecule has 0 aliphatic rings. The topological polar surface area (TPSA) is 59.4 Å². The van der Waals surface area contributed by atoms with E-state index in [0.717, 1.165) is 7.11 Å². The van der Waals surface area contributed by atoms with Gasteiger partial charge in [-0.2, -0.15) is 13.2 Å². The molecule has 0 spiro atoms. The molecule has 1 heterocycles. The first-order valence-corrected chi connectivity index (χ1v) is 4.35. The number of pyridine rings is 1. The van der Waals surface area contributed by atoms with Gasteiger partial charge in [0.05, 0.1) is 18.9 Å². The molecule has 0 unspecified atom stereocenters. The third-order valence-electron chi connectivity index (χ3n) is 1.98. The molecule has 0 aliphatic carbocycles. The van der Waals surface area contributed by atoms with Crippen molar-refractivity contribution in [3.8, 4) is 5.75 Å². The average Bonchev–Trinajstić information content (AvgIpc) is 2.25. The summed E-state index contributed by atoms with van der Waals surface area (Å²) in [4.78, 5) is 14.1. The number of methoxy groups -OCH3 is 1. The van der Waals surface area contributed by atoms with Crippen LogP contribution in [-0.2, 0) is 10.9 Å². The van der Waals surface area contributed by atoms with Crippen molar-refractivity contribution in [2.24, 2.45) is 0 Å². The number of nitrogens with zero attached hydrogens (tertiary/aromatic N) is 1. The fourth-order valence-electron chi connectivity index (χ4n) is 1.29. The third kappa shape index (κ3) is 2.49. The van der Waals surface area contributed by atoms with Crippen molar-refractivity contribution in [3.63, 3.8) is 0 Å². The lowest BCUT2D eigenvalue weighted by molar-refractivity contribution is -0.140. The van der Waals surface area contributed by atoms with Crippen LogP contribution in [0.15, 0.2) is 6.20 Å². The van der Waals surface area contributed by atoms with E-state index in [-0.39, 0.29) is 6.20 Å². The summed E-state index contributed by atoms with van der Waals surface area (Å²) >= 11 is 0. The van der Waals surface area contributed by atoms with Gasteiger partial charge in [0.15, 0.2) is 5.69 Å². The molecule has 0 saturated carbocycles. The number of esters is 1. The van der Waals surface area contributed by atoms with E-state index in [0.29, 0.717) is 0 Å². The van der Waals surface area contributed by atoms with E-state index in [4.69, 9.17) is 5.11 Å². The van der Waals surface area contributed by atoms with E-state index < -0.39 is 41.1 Å². The molecule has 1 N–H and O–H groups in total. The van der Waals surface area contributed by atoms with Crippen molar-refractivity contribution in [1.29, 1.82) is 0 Å². The Morgan fingerprint density at radius 1 is 1.44 bits per heavy atom. The summed E-state index contributed by atoms with van der Waals surface area (Å²) in [6.07, 6.45) is -8.63. The minimum atomic E-state index is -5.25.